The summed E-state index contributed by atoms with van der Waals surface area (Å²) in [6.45, 7) is 1.14. The Morgan fingerprint density at radius 2 is 1.38 bits per heavy atom. The predicted octanol–water partition coefficient (Wildman–Crippen LogP) is 8.71. The van der Waals surface area contributed by atoms with E-state index in [2.05, 4.69) is 14.8 Å². The van der Waals surface area contributed by atoms with E-state index in [1.807, 2.05) is 0 Å². The van der Waals surface area contributed by atoms with Gasteiger partial charge in [-0.1, -0.05) is 42.5 Å². The molecule has 0 heterocycles. The van der Waals surface area contributed by atoms with Crippen LogP contribution < -0.4 is 14.8 Å². The standard InChI is InChI=1S/C30H19F10NO4/c1-27(17-6-4-7-18(15-17)44-29(35,36)37,41-26(43)16-12-13-22(31)21(14-16)28(32,33)34)20-9-5-11-24(45-30(38,39)40)25(20)19-8-2-3-10-23(19)42/h2-15,42H,1H3,(H,41,43). The molecule has 238 valence electrons. The van der Waals surface area contributed by atoms with E-state index >= 15 is 0 Å². The molecular formula is C30H19F10NO4. The number of phenols is 1. The van der Waals surface area contributed by atoms with Crippen LogP contribution in [0.4, 0.5) is 43.9 Å². The molecule has 5 nitrogen and oxygen atoms in total. The number of amides is 1. The molecule has 15 heteroatoms. The van der Waals surface area contributed by atoms with Crippen LogP contribution in [0.3, 0.4) is 0 Å². The predicted molar refractivity (Wildman–Crippen MR) is 139 cm³/mol. The first-order valence-electron chi connectivity index (χ1n) is 12.5. The lowest BCUT2D eigenvalue weighted by atomic mass is 9.79. The summed E-state index contributed by atoms with van der Waals surface area (Å²) in [5, 5.41) is 13.0. The molecule has 0 radical (unpaired) electrons. The maximum atomic E-state index is 13.9. The van der Waals surface area contributed by atoms with E-state index in [-0.39, 0.29) is 22.8 Å². The van der Waals surface area contributed by atoms with Crippen molar-refractivity contribution in [1.29, 1.82) is 0 Å². The molecule has 0 saturated carbocycles. The van der Waals surface area contributed by atoms with Gasteiger partial charge in [0.25, 0.3) is 5.91 Å². The molecular weight excluding hydrogens is 628 g/mol. The van der Waals surface area contributed by atoms with Gasteiger partial charge in [0.1, 0.15) is 23.1 Å². The summed E-state index contributed by atoms with van der Waals surface area (Å²) in [5.74, 6) is -5.29. The Morgan fingerprint density at radius 3 is 2.00 bits per heavy atom. The number of alkyl halides is 9. The third kappa shape index (κ3) is 7.59. The molecule has 4 aromatic rings. The first-order valence-corrected chi connectivity index (χ1v) is 12.5. The molecule has 1 amide bonds. The van der Waals surface area contributed by atoms with Crippen molar-refractivity contribution in [2.24, 2.45) is 0 Å². The van der Waals surface area contributed by atoms with Crippen molar-refractivity contribution >= 4 is 5.91 Å². The number of carbonyl (C=O) groups excluding carboxylic acids is 1. The second kappa shape index (κ2) is 11.9. The van der Waals surface area contributed by atoms with E-state index in [0.29, 0.717) is 12.1 Å². The Kier molecular flexibility index (Phi) is 8.68. The van der Waals surface area contributed by atoms with Crippen LogP contribution in [-0.2, 0) is 11.7 Å². The van der Waals surface area contributed by atoms with Gasteiger partial charge in [0.15, 0.2) is 0 Å². The molecule has 0 saturated heterocycles. The number of hydrogen-bond acceptors (Lipinski definition) is 4. The second-order valence-corrected chi connectivity index (χ2v) is 9.59. The lowest BCUT2D eigenvalue weighted by Crippen LogP contribution is -2.45. The number of hydrogen-bond donors (Lipinski definition) is 2. The van der Waals surface area contributed by atoms with Crippen molar-refractivity contribution in [3.8, 4) is 28.4 Å². The number of nitrogens with one attached hydrogen (secondary N) is 1. The van der Waals surface area contributed by atoms with Crippen molar-refractivity contribution < 1.29 is 63.3 Å². The van der Waals surface area contributed by atoms with Crippen molar-refractivity contribution in [1.82, 2.24) is 5.32 Å². The van der Waals surface area contributed by atoms with Crippen LogP contribution in [0.2, 0.25) is 0 Å². The third-order valence-electron chi connectivity index (χ3n) is 6.51. The highest BCUT2D eigenvalue weighted by atomic mass is 19.4. The van der Waals surface area contributed by atoms with Gasteiger partial charge in [0.2, 0.25) is 0 Å². The Balaban J connectivity index is 2.01. The first kappa shape index (κ1) is 33.0. The molecule has 0 aliphatic heterocycles. The van der Waals surface area contributed by atoms with Crippen molar-refractivity contribution in [3.05, 3.63) is 113 Å². The number of benzene rings is 4. The van der Waals surface area contributed by atoms with E-state index in [9.17, 15) is 53.8 Å². The van der Waals surface area contributed by atoms with Gasteiger partial charge in [-0.25, -0.2) is 4.39 Å². The average Bonchev–Trinajstić information content (AvgIpc) is 2.91. The minimum atomic E-state index is -5.28. The average molecular weight is 647 g/mol. The van der Waals surface area contributed by atoms with E-state index in [1.54, 1.807) is 0 Å². The Labute approximate surface area is 247 Å². The number of carbonyl (C=O) groups is 1. The summed E-state index contributed by atoms with van der Waals surface area (Å²) < 4.78 is 142. The summed E-state index contributed by atoms with van der Waals surface area (Å²) in [6.07, 6.45) is -15.7. The van der Waals surface area contributed by atoms with Crippen LogP contribution in [0.1, 0.15) is 34.0 Å². The third-order valence-corrected chi connectivity index (χ3v) is 6.51. The lowest BCUT2D eigenvalue weighted by Gasteiger charge is -2.35. The Hall–Kier alpha value is -4.95. The minimum absolute atomic E-state index is 0.196. The van der Waals surface area contributed by atoms with Crippen LogP contribution in [0.25, 0.3) is 11.1 Å². The van der Waals surface area contributed by atoms with Gasteiger partial charge >= 0.3 is 18.9 Å². The van der Waals surface area contributed by atoms with Crippen molar-refractivity contribution in [2.75, 3.05) is 0 Å². The SMILES string of the molecule is CC(NC(=O)c1ccc(F)c(C(F)(F)F)c1)(c1cccc(OC(F)(F)F)c1)c1cccc(OC(F)(F)F)c1-c1ccccc1O. The van der Waals surface area contributed by atoms with E-state index in [1.165, 1.54) is 24.3 Å². The second-order valence-electron chi connectivity index (χ2n) is 9.59. The number of ether oxygens (including phenoxy) is 2. The Morgan fingerprint density at radius 1 is 0.733 bits per heavy atom. The van der Waals surface area contributed by atoms with E-state index in [0.717, 1.165) is 49.4 Å². The van der Waals surface area contributed by atoms with E-state index < -0.39 is 70.1 Å². The maximum Gasteiger partial charge on any atom is 0.573 e. The molecule has 1 unspecified atom stereocenters. The summed E-state index contributed by atoms with van der Waals surface area (Å²) >= 11 is 0. The largest absolute Gasteiger partial charge is 0.573 e. The first-order chi connectivity index (χ1) is 20.8. The Bertz CT molecular complexity index is 1720. The van der Waals surface area contributed by atoms with Gasteiger partial charge in [0, 0.05) is 16.7 Å². The highest BCUT2D eigenvalue weighted by Gasteiger charge is 2.40. The highest BCUT2D eigenvalue weighted by molar-refractivity contribution is 5.96. The van der Waals surface area contributed by atoms with Crippen LogP contribution >= 0.6 is 0 Å². The fourth-order valence-corrected chi connectivity index (χ4v) is 4.60. The zero-order valence-corrected chi connectivity index (χ0v) is 22.5. The molecule has 4 aromatic carbocycles. The smallest absolute Gasteiger partial charge is 0.507 e. The van der Waals surface area contributed by atoms with Gasteiger partial charge in [0.05, 0.1) is 11.1 Å². The molecule has 4 rings (SSSR count). The molecule has 45 heavy (non-hydrogen) atoms. The lowest BCUT2D eigenvalue weighted by molar-refractivity contribution is -0.275. The zero-order chi connectivity index (χ0) is 33.4. The van der Waals surface area contributed by atoms with Crippen molar-refractivity contribution in [3.63, 3.8) is 0 Å². The molecule has 0 bridgehead atoms. The molecule has 1 atom stereocenters. The number of para-hydroxylation sites is 1. The number of phenolic OH excluding ortho intramolecular Hbond substituents is 1. The summed E-state index contributed by atoms with van der Waals surface area (Å²) in [5.41, 5.74) is -6.03. The zero-order valence-electron chi connectivity index (χ0n) is 22.5. The maximum absolute atomic E-state index is 13.9. The molecule has 2 N–H and O–H groups in total. The monoisotopic (exact) mass is 647 g/mol. The van der Waals surface area contributed by atoms with Gasteiger partial charge in [-0.2, -0.15) is 13.2 Å². The highest BCUT2D eigenvalue weighted by Crippen LogP contribution is 2.46. The number of aromatic hydroxyl groups is 1. The molecule has 0 aliphatic carbocycles. The number of rotatable bonds is 7. The summed E-state index contributed by atoms with van der Waals surface area (Å²) in [4.78, 5) is 13.5. The fraction of sp³-hybridized carbons (Fsp3) is 0.167. The molecule has 0 spiro atoms. The quantitative estimate of drug-likeness (QED) is 0.197. The normalized spacial score (nSPS) is 13.6. The van der Waals surface area contributed by atoms with E-state index in [4.69, 9.17) is 0 Å². The van der Waals surface area contributed by atoms with Crippen LogP contribution in [0.15, 0.2) is 84.9 Å². The minimum Gasteiger partial charge on any atom is -0.507 e. The molecule has 0 aliphatic rings. The number of halogens is 10. The van der Waals surface area contributed by atoms with Gasteiger partial charge in [-0.3, -0.25) is 4.79 Å². The van der Waals surface area contributed by atoms with Crippen LogP contribution in [0.5, 0.6) is 17.2 Å². The topological polar surface area (TPSA) is 67.8 Å². The molecule has 0 fully saturated rings. The van der Waals surface area contributed by atoms with Gasteiger partial charge in [-0.05, 0) is 60.5 Å². The van der Waals surface area contributed by atoms with Crippen LogP contribution in [-0.4, -0.2) is 23.7 Å². The van der Waals surface area contributed by atoms with Gasteiger partial charge in [-0.15, -0.1) is 26.3 Å². The van der Waals surface area contributed by atoms with Crippen molar-refractivity contribution in [2.45, 2.75) is 31.4 Å². The fourth-order valence-electron chi connectivity index (χ4n) is 4.60. The summed E-state index contributed by atoms with van der Waals surface area (Å²) in [7, 11) is 0. The van der Waals surface area contributed by atoms with Gasteiger partial charge < -0.3 is 19.9 Å². The molecule has 0 aromatic heterocycles. The summed E-state index contributed by atoms with van der Waals surface area (Å²) in [6, 6.07) is 13.3. The van der Waals surface area contributed by atoms with Crippen LogP contribution in [0, 0.1) is 5.82 Å².